The monoisotopic (exact) mass is 271 g/mol. The first-order valence-electron chi connectivity index (χ1n) is 5.69. The van der Waals surface area contributed by atoms with Gasteiger partial charge in [-0.3, -0.25) is 4.79 Å². The molecular formula is C13H18ClNOS. The number of hydrogen-bond acceptors (Lipinski definition) is 2. The Kier molecular flexibility index (Phi) is 5.86. The molecule has 1 atom stereocenters. The summed E-state index contributed by atoms with van der Waals surface area (Å²) in [5, 5.41) is 3.55. The first-order valence-corrected chi connectivity index (χ1v) is 6.94. The van der Waals surface area contributed by atoms with Crippen molar-refractivity contribution in [3.05, 3.63) is 29.3 Å². The topological polar surface area (TPSA) is 29.1 Å². The molecule has 0 saturated carbocycles. The number of benzene rings is 1. The number of halogens is 1. The van der Waals surface area contributed by atoms with Crippen molar-refractivity contribution in [1.29, 1.82) is 0 Å². The highest BCUT2D eigenvalue weighted by molar-refractivity contribution is 8.00. The van der Waals surface area contributed by atoms with Crippen LogP contribution in [-0.2, 0) is 4.79 Å². The highest BCUT2D eigenvalue weighted by atomic mass is 35.5. The Bertz CT molecular complexity index is 364. The van der Waals surface area contributed by atoms with Gasteiger partial charge in [0, 0.05) is 16.5 Å². The SMILES string of the molecule is CC(C)CNC(=O)[C@H](C)Sc1ccc(Cl)cc1. The molecule has 1 amide bonds. The standard InChI is InChI=1S/C13H18ClNOS/c1-9(2)8-15-13(16)10(3)17-12-6-4-11(14)5-7-12/h4-7,9-10H,8H2,1-3H3,(H,15,16)/t10-/m0/s1. The van der Waals surface area contributed by atoms with E-state index in [1.165, 1.54) is 0 Å². The molecule has 0 saturated heterocycles. The van der Waals surface area contributed by atoms with Gasteiger partial charge in [0.1, 0.15) is 0 Å². The molecule has 0 fully saturated rings. The summed E-state index contributed by atoms with van der Waals surface area (Å²) in [6, 6.07) is 7.53. The van der Waals surface area contributed by atoms with Gasteiger partial charge < -0.3 is 5.32 Å². The molecule has 0 spiro atoms. The average molecular weight is 272 g/mol. The molecule has 1 rings (SSSR count). The lowest BCUT2D eigenvalue weighted by molar-refractivity contribution is -0.120. The fourth-order valence-electron chi connectivity index (χ4n) is 1.22. The highest BCUT2D eigenvalue weighted by Crippen LogP contribution is 2.24. The van der Waals surface area contributed by atoms with Gasteiger partial charge in [0.05, 0.1) is 5.25 Å². The van der Waals surface area contributed by atoms with Gasteiger partial charge in [0.25, 0.3) is 0 Å². The number of thioether (sulfide) groups is 1. The summed E-state index contributed by atoms with van der Waals surface area (Å²) in [4.78, 5) is 12.8. The predicted octanol–water partition coefficient (Wildman–Crippen LogP) is 3.59. The van der Waals surface area contributed by atoms with Crippen LogP contribution >= 0.6 is 23.4 Å². The Morgan fingerprint density at radius 1 is 1.29 bits per heavy atom. The van der Waals surface area contributed by atoms with Gasteiger partial charge >= 0.3 is 0 Å². The van der Waals surface area contributed by atoms with Crippen molar-refractivity contribution in [2.75, 3.05) is 6.54 Å². The average Bonchev–Trinajstić information content (AvgIpc) is 2.28. The second-order valence-corrected chi connectivity index (χ2v) is 6.20. The van der Waals surface area contributed by atoms with Crippen molar-refractivity contribution in [3.63, 3.8) is 0 Å². The molecule has 0 bridgehead atoms. The minimum Gasteiger partial charge on any atom is -0.355 e. The van der Waals surface area contributed by atoms with E-state index in [-0.39, 0.29) is 11.2 Å². The quantitative estimate of drug-likeness (QED) is 0.829. The molecule has 1 aromatic rings. The zero-order valence-electron chi connectivity index (χ0n) is 10.4. The highest BCUT2D eigenvalue weighted by Gasteiger charge is 2.13. The van der Waals surface area contributed by atoms with Crippen molar-refractivity contribution < 1.29 is 4.79 Å². The molecule has 17 heavy (non-hydrogen) atoms. The number of carbonyl (C=O) groups excluding carboxylic acids is 1. The number of nitrogens with one attached hydrogen (secondary N) is 1. The number of rotatable bonds is 5. The van der Waals surface area contributed by atoms with Gasteiger partial charge in [0.15, 0.2) is 0 Å². The molecule has 0 aliphatic heterocycles. The van der Waals surface area contributed by atoms with E-state index in [1.54, 1.807) is 11.8 Å². The van der Waals surface area contributed by atoms with Crippen molar-refractivity contribution in [2.24, 2.45) is 5.92 Å². The summed E-state index contributed by atoms with van der Waals surface area (Å²) in [5.41, 5.74) is 0. The van der Waals surface area contributed by atoms with Crippen molar-refractivity contribution in [2.45, 2.75) is 30.9 Å². The second-order valence-electron chi connectivity index (χ2n) is 4.35. The Morgan fingerprint density at radius 2 is 1.88 bits per heavy atom. The maximum atomic E-state index is 11.8. The summed E-state index contributed by atoms with van der Waals surface area (Å²) in [7, 11) is 0. The fraction of sp³-hybridized carbons (Fsp3) is 0.462. The maximum absolute atomic E-state index is 11.8. The first kappa shape index (κ1) is 14.4. The van der Waals surface area contributed by atoms with Crippen LogP contribution in [0.4, 0.5) is 0 Å². The van der Waals surface area contributed by atoms with Gasteiger partial charge in [-0.25, -0.2) is 0 Å². The van der Waals surface area contributed by atoms with Crippen LogP contribution in [-0.4, -0.2) is 17.7 Å². The van der Waals surface area contributed by atoms with Crippen molar-refractivity contribution in [1.82, 2.24) is 5.32 Å². The van der Waals surface area contributed by atoms with Crippen LogP contribution in [0.2, 0.25) is 5.02 Å². The third kappa shape index (κ3) is 5.46. The molecule has 2 nitrogen and oxygen atoms in total. The van der Waals surface area contributed by atoms with E-state index in [2.05, 4.69) is 19.2 Å². The van der Waals surface area contributed by atoms with Gasteiger partial charge in [0.2, 0.25) is 5.91 Å². The van der Waals surface area contributed by atoms with Crippen LogP contribution in [0.15, 0.2) is 29.2 Å². The zero-order valence-corrected chi connectivity index (χ0v) is 11.9. The normalized spacial score (nSPS) is 12.5. The fourth-order valence-corrected chi connectivity index (χ4v) is 2.24. The van der Waals surface area contributed by atoms with Gasteiger partial charge in [-0.05, 0) is 37.1 Å². The molecule has 0 unspecified atom stereocenters. The van der Waals surface area contributed by atoms with E-state index in [4.69, 9.17) is 11.6 Å². The van der Waals surface area contributed by atoms with E-state index < -0.39 is 0 Å². The molecule has 94 valence electrons. The van der Waals surface area contributed by atoms with Crippen LogP contribution in [0.25, 0.3) is 0 Å². The first-order chi connectivity index (χ1) is 7.99. The summed E-state index contributed by atoms with van der Waals surface area (Å²) >= 11 is 7.35. The van der Waals surface area contributed by atoms with Gasteiger partial charge in [-0.2, -0.15) is 0 Å². The molecule has 0 heterocycles. The number of hydrogen-bond donors (Lipinski definition) is 1. The Balaban J connectivity index is 2.45. The molecule has 0 aromatic heterocycles. The molecule has 0 aliphatic carbocycles. The minimum atomic E-state index is -0.0880. The maximum Gasteiger partial charge on any atom is 0.233 e. The third-order valence-electron chi connectivity index (χ3n) is 2.18. The lowest BCUT2D eigenvalue weighted by Crippen LogP contribution is -2.33. The van der Waals surface area contributed by atoms with Gasteiger partial charge in [-0.15, -0.1) is 11.8 Å². The van der Waals surface area contributed by atoms with Crippen LogP contribution in [0.3, 0.4) is 0 Å². The molecule has 1 aromatic carbocycles. The Hall–Kier alpha value is -0.670. The smallest absolute Gasteiger partial charge is 0.233 e. The second kappa shape index (κ2) is 6.92. The summed E-state index contributed by atoms with van der Waals surface area (Å²) in [6.07, 6.45) is 0. The van der Waals surface area contributed by atoms with E-state index in [0.29, 0.717) is 10.9 Å². The zero-order chi connectivity index (χ0) is 12.8. The largest absolute Gasteiger partial charge is 0.355 e. The van der Waals surface area contributed by atoms with E-state index in [1.807, 2.05) is 31.2 Å². The molecule has 4 heteroatoms. The molecule has 0 aliphatic rings. The third-order valence-corrected chi connectivity index (χ3v) is 3.54. The predicted molar refractivity (Wildman–Crippen MR) is 74.6 cm³/mol. The molecular weight excluding hydrogens is 254 g/mol. The minimum absolute atomic E-state index is 0.0821. The molecule has 1 N–H and O–H groups in total. The van der Waals surface area contributed by atoms with Crippen LogP contribution < -0.4 is 5.32 Å². The summed E-state index contributed by atoms with van der Waals surface area (Å²) in [6.45, 7) is 6.80. The lowest BCUT2D eigenvalue weighted by atomic mass is 10.2. The van der Waals surface area contributed by atoms with Crippen LogP contribution in [0, 0.1) is 5.92 Å². The van der Waals surface area contributed by atoms with E-state index in [0.717, 1.165) is 11.4 Å². The van der Waals surface area contributed by atoms with E-state index in [9.17, 15) is 4.79 Å². The van der Waals surface area contributed by atoms with Crippen molar-refractivity contribution >= 4 is 29.3 Å². The number of amides is 1. The Labute approximate surface area is 112 Å². The lowest BCUT2D eigenvalue weighted by Gasteiger charge is -2.13. The van der Waals surface area contributed by atoms with Gasteiger partial charge in [-0.1, -0.05) is 25.4 Å². The summed E-state index contributed by atoms with van der Waals surface area (Å²) in [5.74, 6) is 0.560. The van der Waals surface area contributed by atoms with E-state index >= 15 is 0 Å². The number of carbonyl (C=O) groups is 1. The van der Waals surface area contributed by atoms with Crippen LogP contribution in [0.5, 0.6) is 0 Å². The Morgan fingerprint density at radius 3 is 2.41 bits per heavy atom. The van der Waals surface area contributed by atoms with Crippen LogP contribution in [0.1, 0.15) is 20.8 Å². The molecule has 0 radical (unpaired) electrons. The van der Waals surface area contributed by atoms with Crippen molar-refractivity contribution in [3.8, 4) is 0 Å². The summed E-state index contributed by atoms with van der Waals surface area (Å²) < 4.78 is 0.